The number of nitrogen functional groups attached to an aromatic ring is 1. The van der Waals surface area contributed by atoms with Crippen molar-refractivity contribution in [3.05, 3.63) is 62.7 Å². The Bertz CT molecular complexity index is 984. The highest BCUT2D eigenvalue weighted by molar-refractivity contribution is 7.08. The van der Waals surface area contributed by atoms with Crippen molar-refractivity contribution in [1.82, 2.24) is 14.8 Å². The topological polar surface area (TPSA) is 91.6 Å². The maximum Gasteiger partial charge on any atom is 0.322 e. The fraction of sp³-hybridized carbons (Fsp3) is 0.318. The highest BCUT2D eigenvalue weighted by Crippen LogP contribution is 2.19. The second-order valence-electron chi connectivity index (χ2n) is 7.52. The lowest BCUT2D eigenvalue weighted by Gasteiger charge is -2.24. The number of rotatable bonds is 10. The Labute approximate surface area is 190 Å². The molecule has 3 aromatic heterocycles. The van der Waals surface area contributed by atoms with Crippen LogP contribution in [0.2, 0.25) is 0 Å². The molecular weight excluding hydrogens is 430 g/mol. The van der Waals surface area contributed by atoms with Gasteiger partial charge in [-0.2, -0.15) is 11.3 Å². The third kappa shape index (κ3) is 6.88. The van der Waals surface area contributed by atoms with Gasteiger partial charge in [0.05, 0.1) is 5.69 Å². The van der Waals surface area contributed by atoms with Crippen molar-refractivity contribution in [2.24, 2.45) is 0 Å². The third-order valence-electron chi connectivity index (χ3n) is 4.70. The van der Waals surface area contributed by atoms with Crippen molar-refractivity contribution >= 4 is 45.9 Å². The number of ketones is 1. The summed E-state index contributed by atoms with van der Waals surface area (Å²) in [5.41, 5.74) is 9.41. The molecule has 0 aromatic carbocycles. The minimum atomic E-state index is -0.148. The van der Waals surface area contributed by atoms with Crippen molar-refractivity contribution in [3.8, 4) is 0 Å². The lowest BCUT2D eigenvalue weighted by Crippen LogP contribution is -2.36. The van der Waals surface area contributed by atoms with E-state index < -0.39 is 0 Å². The zero-order chi connectivity index (χ0) is 22.2. The predicted molar refractivity (Wildman–Crippen MR) is 128 cm³/mol. The molecule has 0 spiro atoms. The maximum atomic E-state index is 12.8. The summed E-state index contributed by atoms with van der Waals surface area (Å²) < 4.78 is 0. The molecular formula is C22H27N5O2S2. The Morgan fingerprint density at radius 2 is 1.94 bits per heavy atom. The van der Waals surface area contributed by atoms with E-state index in [1.807, 2.05) is 47.7 Å². The number of hydrogen-bond donors (Lipinski definition) is 2. The fourth-order valence-corrected chi connectivity index (χ4v) is 4.35. The summed E-state index contributed by atoms with van der Waals surface area (Å²) in [6.07, 6.45) is 2.76. The molecule has 3 rings (SSSR count). The lowest BCUT2D eigenvalue weighted by atomic mass is 10.1. The lowest BCUT2D eigenvalue weighted by molar-refractivity contribution is 0.0988. The molecule has 0 aliphatic heterocycles. The first-order valence-corrected chi connectivity index (χ1v) is 11.8. The first-order chi connectivity index (χ1) is 14.9. The SMILES string of the molecule is CN(C)CCCN(Cc1ccc(C(=O)Cc2cscc2N)nc1)C(=O)Nc1ccsc1. The average molecular weight is 458 g/mol. The molecule has 3 aromatic rings. The van der Waals surface area contributed by atoms with E-state index in [0.29, 0.717) is 24.5 Å². The molecule has 31 heavy (non-hydrogen) atoms. The Morgan fingerprint density at radius 1 is 1.10 bits per heavy atom. The quantitative estimate of drug-likeness (QED) is 0.445. The van der Waals surface area contributed by atoms with Gasteiger partial charge in [-0.15, -0.1) is 11.3 Å². The van der Waals surface area contributed by atoms with E-state index in [0.717, 1.165) is 29.8 Å². The molecule has 0 saturated carbocycles. The van der Waals surface area contributed by atoms with Gasteiger partial charge in [-0.05, 0) is 61.1 Å². The number of carbonyl (C=O) groups excluding carboxylic acids is 2. The van der Waals surface area contributed by atoms with Crippen molar-refractivity contribution in [1.29, 1.82) is 0 Å². The number of aromatic nitrogens is 1. The van der Waals surface area contributed by atoms with Crippen molar-refractivity contribution in [3.63, 3.8) is 0 Å². The molecule has 0 atom stereocenters. The van der Waals surface area contributed by atoms with Crippen LogP contribution in [0.4, 0.5) is 16.2 Å². The highest BCUT2D eigenvalue weighted by atomic mass is 32.1. The van der Waals surface area contributed by atoms with Crippen LogP contribution >= 0.6 is 22.7 Å². The molecule has 3 heterocycles. The Kier molecular flexibility index (Phi) is 8.16. The van der Waals surface area contributed by atoms with Gasteiger partial charge >= 0.3 is 6.03 Å². The fourth-order valence-electron chi connectivity index (χ4n) is 3.01. The highest BCUT2D eigenvalue weighted by Gasteiger charge is 2.16. The molecule has 0 fully saturated rings. The zero-order valence-corrected chi connectivity index (χ0v) is 19.3. The van der Waals surface area contributed by atoms with E-state index in [1.54, 1.807) is 17.2 Å². The number of nitrogens with two attached hydrogens (primary N) is 1. The maximum absolute atomic E-state index is 12.8. The average Bonchev–Trinajstić information content (AvgIpc) is 3.39. The van der Waals surface area contributed by atoms with E-state index >= 15 is 0 Å². The van der Waals surface area contributed by atoms with Crippen LogP contribution in [0.1, 0.15) is 28.0 Å². The van der Waals surface area contributed by atoms with Gasteiger partial charge in [0.2, 0.25) is 0 Å². The van der Waals surface area contributed by atoms with Crippen LogP contribution < -0.4 is 11.1 Å². The molecule has 0 unspecified atom stereocenters. The molecule has 3 N–H and O–H groups in total. The number of amides is 2. The normalized spacial score (nSPS) is 10.9. The Morgan fingerprint density at radius 3 is 2.55 bits per heavy atom. The zero-order valence-electron chi connectivity index (χ0n) is 17.7. The van der Waals surface area contributed by atoms with Gasteiger partial charge in [-0.25, -0.2) is 4.79 Å². The van der Waals surface area contributed by atoms with Crippen LogP contribution in [0.3, 0.4) is 0 Å². The second-order valence-corrected chi connectivity index (χ2v) is 9.05. The van der Waals surface area contributed by atoms with Gasteiger partial charge < -0.3 is 20.9 Å². The summed E-state index contributed by atoms with van der Waals surface area (Å²) in [5.74, 6) is -0.0744. The number of nitrogens with zero attached hydrogens (tertiary/aromatic N) is 3. The number of thiophene rings is 2. The minimum absolute atomic E-state index is 0.0744. The van der Waals surface area contributed by atoms with E-state index in [2.05, 4.69) is 15.2 Å². The smallest absolute Gasteiger partial charge is 0.322 e. The molecule has 9 heteroatoms. The number of Topliss-reactive ketones (excluding diaryl/α,β-unsaturated/α-hetero) is 1. The van der Waals surface area contributed by atoms with Crippen LogP contribution in [0.5, 0.6) is 0 Å². The summed E-state index contributed by atoms with van der Waals surface area (Å²) in [5, 5.41) is 10.5. The van der Waals surface area contributed by atoms with E-state index in [4.69, 9.17) is 5.73 Å². The van der Waals surface area contributed by atoms with E-state index in [1.165, 1.54) is 22.7 Å². The monoisotopic (exact) mass is 457 g/mol. The number of carbonyl (C=O) groups is 2. The van der Waals surface area contributed by atoms with Crippen LogP contribution in [-0.4, -0.2) is 53.8 Å². The molecule has 0 aliphatic rings. The van der Waals surface area contributed by atoms with Crippen LogP contribution in [-0.2, 0) is 13.0 Å². The number of hydrogen-bond acceptors (Lipinski definition) is 7. The van der Waals surface area contributed by atoms with Gasteiger partial charge in [-0.1, -0.05) is 6.07 Å². The first kappa shape index (κ1) is 22.9. The number of nitrogens with one attached hydrogen (secondary N) is 1. The van der Waals surface area contributed by atoms with Gasteiger partial charge in [0.25, 0.3) is 0 Å². The third-order valence-corrected chi connectivity index (χ3v) is 6.20. The van der Waals surface area contributed by atoms with Crippen LogP contribution in [0, 0.1) is 0 Å². The van der Waals surface area contributed by atoms with Gasteiger partial charge in [-0.3, -0.25) is 9.78 Å². The Hall–Kier alpha value is -2.75. The summed E-state index contributed by atoms with van der Waals surface area (Å²) in [7, 11) is 4.03. The van der Waals surface area contributed by atoms with Crippen molar-refractivity contribution in [2.75, 3.05) is 38.2 Å². The summed E-state index contributed by atoms with van der Waals surface area (Å²) in [6.45, 7) is 1.92. The number of anilines is 2. The Balaban J connectivity index is 1.64. The van der Waals surface area contributed by atoms with Gasteiger partial charge in [0.15, 0.2) is 5.78 Å². The summed E-state index contributed by atoms with van der Waals surface area (Å²) in [6, 6.07) is 5.30. The summed E-state index contributed by atoms with van der Waals surface area (Å²) >= 11 is 3.02. The number of pyridine rings is 1. The largest absolute Gasteiger partial charge is 0.398 e. The van der Waals surface area contributed by atoms with Gasteiger partial charge in [0.1, 0.15) is 5.69 Å². The van der Waals surface area contributed by atoms with Gasteiger partial charge in [0, 0.05) is 42.2 Å². The van der Waals surface area contributed by atoms with E-state index in [9.17, 15) is 9.59 Å². The molecule has 0 aliphatic carbocycles. The first-order valence-electron chi connectivity index (χ1n) is 9.94. The standard InChI is InChI=1S/C22H27N5O2S2/c1-26(2)7-3-8-27(22(29)25-18-6-9-30-14-18)12-16-4-5-20(24-11-16)21(28)10-17-13-31-15-19(17)23/h4-6,9,11,13-15H,3,7-8,10,12,23H2,1-2H3,(H,25,29). The molecule has 2 amide bonds. The molecule has 0 radical (unpaired) electrons. The second kappa shape index (κ2) is 11.0. The van der Waals surface area contributed by atoms with E-state index in [-0.39, 0.29) is 18.2 Å². The summed E-state index contributed by atoms with van der Waals surface area (Å²) in [4.78, 5) is 33.5. The van der Waals surface area contributed by atoms with Crippen LogP contribution in [0.15, 0.2) is 45.9 Å². The van der Waals surface area contributed by atoms with Crippen LogP contribution in [0.25, 0.3) is 0 Å². The molecule has 164 valence electrons. The minimum Gasteiger partial charge on any atom is -0.398 e. The molecule has 7 nitrogen and oxygen atoms in total. The number of urea groups is 1. The van der Waals surface area contributed by atoms with Crippen molar-refractivity contribution < 1.29 is 9.59 Å². The predicted octanol–water partition coefficient (Wildman–Crippen LogP) is 4.20. The molecule has 0 saturated heterocycles. The molecule has 0 bridgehead atoms. The van der Waals surface area contributed by atoms with Crippen molar-refractivity contribution in [2.45, 2.75) is 19.4 Å².